The van der Waals surface area contributed by atoms with E-state index < -0.39 is 47.4 Å². The summed E-state index contributed by atoms with van der Waals surface area (Å²) < 4.78 is 47.5. The first-order chi connectivity index (χ1) is 11.5. The molecule has 0 radical (unpaired) electrons. The molecular weight excluding hydrogens is 365 g/mol. The van der Waals surface area contributed by atoms with Crippen molar-refractivity contribution < 1.29 is 22.7 Å². The molecule has 1 N–H and O–H groups in total. The van der Waals surface area contributed by atoms with Gasteiger partial charge >= 0.3 is 23.4 Å². The summed E-state index contributed by atoms with van der Waals surface area (Å²) in [5.41, 5.74) is -2.19. The fourth-order valence-electron chi connectivity index (χ4n) is 2.56. The Bertz CT molecular complexity index is 993. The first-order valence-electron chi connectivity index (χ1n) is 6.92. The second-order valence-electron chi connectivity index (χ2n) is 5.49. The van der Waals surface area contributed by atoms with Crippen molar-refractivity contribution in [3.05, 3.63) is 43.4 Å². The summed E-state index contributed by atoms with van der Waals surface area (Å²) in [5.74, 6) is -3.29. The van der Waals surface area contributed by atoms with Crippen LogP contribution in [0.1, 0.15) is 6.42 Å². The van der Waals surface area contributed by atoms with E-state index >= 15 is 0 Å². The zero-order valence-corrected chi connectivity index (χ0v) is 13.7. The lowest BCUT2D eigenvalue weighted by molar-refractivity contribution is -0.226. The summed E-state index contributed by atoms with van der Waals surface area (Å²) >= 11 is 4.92. The number of hydrogen-bond donors (Lipinski definition) is 1. The van der Waals surface area contributed by atoms with Gasteiger partial charge in [-0.25, -0.2) is 18.5 Å². The van der Waals surface area contributed by atoms with Gasteiger partial charge in [0, 0.05) is 26.6 Å². The lowest BCUT2D eigenvalue weighted by atomic mass is 10.0. The van der Waals surface area contributed by atoms with Crippen LogP contribution < -0.4 is 16.7 Å². The number of alkyl halides is 2. The SMILES string of the molecule is Cn1c(=S)n(C)c(=O)n(C2=C(F)C=C3OC(F)(F)C(=O)NC3C2)c1=O. The lowest BCUT2D eigenvalue weighted by Gasteiger charge is -2.34. The fraction of sp³-hybridized carbons (Fsp3) is 0.385. The van der Waals surface area contributed by atoms with E-state index in [2.05, 4.69) is 4.74 Å². The molecule has 1 fully saturated rings. The van der Waals surface area contributed by atoms with Gasteiger partial charge < -0.3 is 10.1 Å². The van der Waals surface area contributed by atoms with Crippen LogP contribution in [0, 0.1) is 4.77 Å². The van der Waals surface area contributed by atoms with E-state index in [1.54, 1.807) is 0 Å². The van der Waals surface area contributed by atoms with E-state index in [0.29, 0.717) is 10.6 Å². The summed E-state index contributed by atoms with van der Waals surface area (Å²) in [6.45, 7) is 0. The standard InChI is InChI=1S/C13H11F3N4O4S/c1-18-10(22)20(11(23)19(2)12(18)25)7-4-6-8(3-5(7)14)24-13(15,16)9(21)17-6/h3,6H,4H2,1-2H3,(H,17,21). The zero-order valence-electron chi connectivity index (χ0n) is 12.9. The van der Waals surface area contributed by atoms with Crippen LogP contribution in [0.2, 0.25) is 0 Å². The molecule has 1 aliphatic heterocycles. The number of morpholine rings is 1. The van der Waals surface area contributed by atoms with Crippen LogP contribution in [0.15, 0.2) is 27.3 Å². The smallest absolute Gasteiger partial charge is 0.427 e. The Hall–Kier alpha value is -2.63. The van der Waals surface area contributed by atoms with Gasteiger partial charge in [-0.2, -0.15) is 8.78 Å². The van der Waals surface area contributed by atoms with Crippen molar-refractivity contribution >= 4 is 23.8 Å². The van der Waals surface area contributed by atoms with Crippen molar-refractivity contribution in [1.82, 2.24) is 19.0 Å². The third-order valence-electron chi connectivity index (χ3n) is 3.90. The van der Waals surface area contributed by atoms with Gasteiger partial charge in [0.25, 0.3) is 0 Å². The third kappa shape index (κ3) is 2.52. The number of allylic oxidation sites excluding steroid dienone is 2. The Morgan fingerprint density at radius 2 is 1.80 bits per heavy atom. The number of nitrogens with zero attached hydrogens (tertiary/aromatic N) is 3. The van der Waals surface area contributed by atoms with E-state index in [4.69, 9.17) is 12.2 Å². The number of ether oxygens (including phenoxy) is 1. The molecule has 1 saturated heterocycles. The number of aromatic nitrogens is 3. The number of carbonyl (C=O) groups excluding carboxylic acids is 1. The average molecular weight is 376 g/mol. The molecule has 1 aromatic rings. The summed E-state index contributed by atoms with van der Waals surface area (Å²) in [6.07, 6.45) is -3.93. The first-order valence-corrected chi connectivity index (χ1v) is 7.33. The minimum atomic E-state index is -4.12. The Labute approximate surface area is 142 Å². The highest BCUT2D eigenvalue weighted by Gasteiger charge is 2.50. The van der Waals surface area contributed by atoms with Crippen LogP contribution in [0.5, 0.6) is 0 Å². The molecule has 134 valence electrons. The molecule has 0 saturated carbocycles. The van der Waals surface area contributed by atoms with Gasteiger partial charge in [0.2, 0.25) is 0 Å². The Balaban J connectivity index is 2.20. The molecule has 8 nitrogen and oxygen atoms in total. The van der Waals surface area contributed by atoms with Crippen molar-refractivity contribution in [2.24, 2.45) is 14.1 Å². The highest BCUT2D eigenvalue weighted by Crippen LogP contribution is 2.35. The normalized spacial score (nSPS) is 22.0. The van der Waals surface area contributed by atoms with Crippen LogP contribution in [-0.2, 0) is 23.6 Å². The molecule has 2 heterocycles. The van der Waals surface area contributed by atoms with E-state index in [9.17, 15) is 27.6 Å². The molecule has 0 bridgehead atoms. The maximum atomic E-state index is 14.4. The van der Waals surface area contributed by atoms with Gasteiger partial charge in [-0.3, -0.25) is 13.9 Å². The second kappa shape index (κ2) is 5.44. The number of carbonyl (C=O) groups is 1. The van der Waals surface area contributed by atoms with Crippen LogP contribution in [-0.4, -0.2) is 31.8 Å². The number of hydrogen-bond acceptors (Lipinski definition) is 5. The number of fused-ring (bicyclic) bond motifs is 1. The van der Waals surface area contributed by atoms with Crippen molar-refractivity contribution in [2.75, 3.05) is 0 Å². The van der Waals surface area contributed by atoms with E-state index in [1.807, 2.05) is 5.32 Å². The lowest BCUT2D eigenvalue weighted by Crippen LogP contribution is -2.55. The second-order valence-corrected chi connectivity index (χ2v) is 5.86. The first kappa shape index (κ1) is 17.2. The molecule has 0 aromatic carbocycles. The summed E-state index contributed by atoms with van der Waals surface area (Å²) in [5, 5.41) is 1.97. The van der Waals surface area contributed by atoms with Crippen LogP contribution in [0.3, 0.4) is 0 Å². The zero-order chi connectivity index (χ0) is 18.7. The highest BCUT2D eigenvalue weighted by molar-refractivity contribution is 7.71. The van der Waals surface area contributed by atoms with Crippen molar-refractivity contribution in [1.29, 1.82) is 0 Å². The summed E-state index contributed by atoms with van der Waals surface area (Å²) in [4.78, 5) is 35.9. The quantitative estimate of drug-likeness (QED) is 0.705. The molecule has 1 atom stereocenters. The van der Waals surface area contributed by atoms with Crippen LogP contribution in [0.4, 0.5) is 13.2 Å². The van der Waals surface area contributed by atoms with Crippen LogP contribution in [0.25, 0.3) is 5.70 Å². The summed E-state index contributed by atoms with van der Waals surface area (Å²) in [7, 11) is 2.60. The third-order valence-corrected chi connectivity index (χ3v) is 4.45. The van der Waals surface area contributed by atoms with Gasteiger partial charge in [-0.15, -0.1) is 0 Å². The molecule has 1 amide bonds. The average Bonchev–Trinajstić information content (AvgIpc) is 2.53. The number of halogens is 3. The molecule has 1 unspecified atom stereocenters. The number of rotatable bonds is 1. The minimum absolute atomic E-state index is 0.0757. The van der Waals surface area contributed by atoms with Gasteiger partial charge in [0.1, 0.15) is 11.6 Å². The predicted octanol–water partition coefficient (Wildman–Crippen LogP) is 0.148. The molecule has 1 aliphatic carbocycles. The molecule has 3 rings (SSSR count). The highest BCUT2D eigenvalue weighted by atomic mass is 32.1. The molecule has 2 aliphatic rings. The maximum absolute atomic E-state index is 14.4. The largest absolute Gasteiger partial charge is 0.482 e. The van der Waals surface area contributed by atoms with Gasteiger partial charge in [-0.05, 0) is 12.2 Å². The van der Waals surface area contributed by atoms with Gasteiger partial charge in [0.15, 0.2) is 4.77 Å². The van der Waals surface area contributed by atoms with Crippen molar-refractivity contribution in [2.45, 2.75) is 18.6 Å². The fourth-order valence-corrected chi connectivity index (χ4v) is 2.72. The Morgan fingerprint density at radius 3 is 2.36 bits per heavy atom. The molecular formula is C13H11F3N4O4S. The van der Waals surface area contributed by atoms with E-state index in [-0.39, 0.29) is 10.5 Å². The minimum Gasteiger partial charge on any atom is -0.427 e. The molecule has 0 spiro atoms. The van der Waals surface area contributed by atoms with Crippen LogP contribution >= 0.6 is 12.2 Å². The van der Waals surface area contributed by atoms with Gasteiger partial charge in [-0.1, -0.05) is 0 Å². The predicted molar refractivity (Wildman–Crippen MR) is 80.7 cm³/mol. The maximum Gasteiger partial charge on any atom is 0.482 e. The monoisotopic (exact) mass is 376 g/mol. The van der Waals surface area contributed by atoms with E-state index in [1.165, 1.54) is 14.1 Å². The van der Waals surface area contributed by atoms with Crippen molar-refractivity contribution in [3.8, 4) is 0 Å². The number of amides is 1. The number of nitrogens with one attached hydrogen (secondary N) is 1. The Morgan fingerprint density at radius 1 is 1.24 bits per heavy atom. The molecule has 25 heavy (non-hydrogen) atoms. The molecule has 1 aromatic heterocycles. The van der Waals surface area contributed by atoms with E-state index in [0.717, 1.165) is 9.13 Å². The van der Waals surface area contributed by atoms with Crippen molar-refractivity contribution in [3.63, 3.8) is 0 Å². The van der Waals surface area contributed by atoms with Gasteiger partial charge in [0.05, 0.1) is 11.7 Å². The topological polar surface area (TPSA) is 87.3 Å². The molecule has 12 heteroatoms. The Kier molecular flexibility index (Phi) is 3.74. The summed E-state index contributed by atoms with van der Waals surface area (Å²) in [6, 6.07) is -1.13.